The van der Waals surface area contributed by atoms with E-state index in [0.717, 1.165) is 21.6 Å². The number of rotatable bonds is 7. The second-order valence-corrected chi connectivity index (χ2v) is 8.55. The third kappa shape index (κ3) is 4.45. The van der Waals surface area contributed by atoms with Gasteiger partial charge in [-0.25, -0.2) is 9.78 Å². The van der Waals surface area contributed by atoms with Gasteiger partial charge in [0.15, 0.2) is 0 Å². The smallest absolute Gasteiger partial charge is 0.335 e. The zero-order valence-electron chi connectivity index (χ0n) is 17.4. The molecule has 1 amide bonds. The highest BCUT2D eigenvalue weighted by Gasteiger charge is 2.17. The second kappa shape index (κ2) is 9.15. The number of hydrogen-bond donors (Lipinski definition) is 2. The number of carbonyl (C=O) groups is 2. The van der Waals surface area contributed by atoms with Crippen molar-refractivity contribution < 1.29 is 14.7 Å². The summed E-state index contributed by atoms with van der Waals surface area (Å²) in [5.74, 6) is -1.20. The summed E-state index contributed by atoms with van der Waals surface area (Å²) in [6.45, 7) is 2.48. The molecule has 32 heavy (non-hydrogen) atoms. The van der Waals surface area contributed by atoms with Crippen LogP contribution < -0.4 is 10.9 Å². The first-order chi connectivity index (χ1) is 15.4. The number of thiophene rings is 1. The van der Waals surface area contributed by atoms with E-state index in [2.05, 4.69) is 10.3 Å². The Morgan fingerprint density at radius 2 is 1.81 bits per heavy atom. The molecule has 162 valence electrons. The maximum Gasteiger partial charge on any atom is 0.335 e. The van der Waals surface area contributed by atoms with Gasteiger partial charge in [0, 0.05) is 30.0 Å². The number of nitrogens with zero attached hydrogens (tertiary/aromatic N) is 2. The summed E-state index contributed by atoms with van der Waals surface area (Å²) < 4.78 is 1.47. The molecule has 2 aromatic heterocycles. The second-order valence-electron chi connectivity index (χ2n) is 7.35. The lowest BCUT2D eigenvalue weighted by atomic mass is 10.0. The van der Waals surface area contributed by atoms with Gasteiger partial charge in [0.25, 0.3) is 5.56 Å². The summed E-state index contributed by atoms with van der Waals surface area (Å²) in [6.07, 6.45) is 1.62. The van der Waals surface area contributed by atoms with Crippen LogP contribution in [0, 0.1) is 6.92 Å². The number of nitrogens with one attached hydrogen (secondary N) is 1. The third-order valence-electron chi connectivity index (χ3n) is 5.19. The van der Waals surface area contributed by atoms with Gasteiger partial charge in [-0.3, -0.25) is 14.2 Å². The van der Waals surface area contributed by atoms with E-state index in [-0.39, 0.29) is 36.5 Å². The molecular weight excluding hydrogens is 426 g/mol. The van der Waals surface area contributed by atoms with Crippen molar-refractivity contribution >= 4 is 33.4 Å². The van der Waals surface area contributed by atoms with Crippen molar-refractivity contribution in [3.05, 3.63) is 87.3 Å². The van der Waals surface area contributed by atoms with E-state index < -0.39 is 5.97 Å². The zero-order chi connectivity index (χ0) is 22.7. The molecule has 0 radical (unpaired) electrons. The summed E-state index contributed by atoms with van der Waals surface area (Å²) in [7, 11) is 0. The maximum atomic E-state index is 13.2. The number of aryl methyl sites for hydroxylation is 2. The number of hydrogen-bond acceptors (Lipinski definition) is 5. The Kier molecular flexibility index (Phi) is 6.13. The average Bonchev–Trinajstić information content (AvgIpc) is 3.14. The predicted octanol–water partition coefficient (Wildman–Crippen LogP) is 3.84. The van der Waals surface area contributed by atoms with Gasteiger partial charge >= 0.3 is 5.97 Å². The Bertz CT molecular complexity index is 1340. The fraction of sp³-hybridized carbons (Fsp3) is 0.167. The summed E-state index contributed by atoms with van der Waals surface area (Å²) in [5.41, 5.74) is 2.70. The topological polar surface area (TPSA) is 101 Å². The van der Waals surface area contributed by atoms with Gasteiger partial charge < -0.3 is 10.4 Å². The molecule has 2 heterocycles. The molecule has 8 heteroatoms. The molecule has 0 aliphatic rings. The summed E-state index contributed by atoms with van der Waals surface area (Å²) in [5, 5.41) is 12.3. The van der Waals surface area contributed by atoms with E-state index in [1.165, 1.54) is 34.4 Å². The van der Waals surface area contributed by atoms with Crippen LogP contribution in [0.1, 0.15) is 27.2 Å². The van der Waals surface area contributed by atoms with Gasteiger partial charge in [-0.15, -0.1) is 11.3 Å². The first-order valence-corrected chi connectivity index (χ1v) is 10.9. The molecule has 0 unspecified atom stereocenters. The molecule has 2 N–H and O–H groups in total. The molecular formula is C24H21N3O4S. The minimum absolute atomic E-state index is 0.129. The minimum Gasteiger partial charge on any atom is -0.478 e. The Balaban J connectivity index is 1.46. The van der Waals surface area contributed by atoms with Gasteiger partial charge in [-0.1, -0.05) is 42.5 Å². The lowest BCUT2D eigenvalue weighted by molar-refractivity contribution is -0.121. The highest BCUT2D eigenvalue weighted by atomic mass is 32.1. The largest absolute Gasteiger partial charge is 0.478 e. The first kappa shape index (κ1) is 21.5. The normalized spacial score (nSPS) is 10.9. The Morgan fingerprint density at radius 3 is 2.50 bits per heavy atom. The highest BCUT2D eigenvalue weighted by molar-refractivity contribution is 7.19. The van der Waals surface area contributed by atoms with E-state index >= 15 is 0 Å². The fourth-order valence-electron chi connectivity index (χ4n) is 3.53. The quantitative estimate of drug-likeness (QED) is 0.448. The van der Waals surface area contributed by atoms with E-state index in [4.69, 9.17) is 5.11 Å². The number of carbonyl (C=O) groups excluding carboxylic acids is 1. The van der Waals surface area contributed by atoms with E-state index in [0.29, 0.717) is 10.2 Å². The SMILES string of the molecule is Cc1sc2ncn(CCC(=O)NCc3ccc(C(=O)O)cc3)c(=O)c2c1-c1ccccc1. The van der Waals surface area contributed by atoms with Gasteiger partial charge in [-0.2, -0.15) is 0 Å². The Labute approximate surface area is 188 Å². The molecule has 0 spiro atoms. The molecule has 0 saturated heterocycles. The van der Waals surface area contributed by atoms with E-state index in [1.807, 2.05) is 37.3 Å². The van der Waals surface area contributed by atoms with Crippen LogP contribution in [0.2, 0.25) is 0 Å². The average molecular weight is 448 g/mol. The van der Waals surface area contributed by atoms with Crippen molar-refractivity contribution in [2.45, 2.75) is 26.4 Å². The highest BCUT2D eigenvalue weighted by Crippen LogP contribution is 2.35. The van der Waals surface area contributed by atoms with Gasteiger partial charge in [0.05, 0.1) is 17.3 Å². The predicted molar refractivity (Wildman–Crippen MR) is 124 cm³/mol. The standard InChI is InChI=1S/C24H21N3O4S/c1-15-20(17-5-3-2-4-6-17)21-22(32-15)26-14-27(23(21)29)12-11-19(28)25-13-16-7-9-18(10-8-16)24(30)31/h2-10,14H,11-13H2,1H3,(H,25,28)(H,30,31). The molecule has 0 aliphatic heterocycles. The van der Waals surface area contributed by atoms with Gasteiger partial charge in [0.1, 0.15) is 4.83 Å². The lowest BCUT2D eigenvalue weighted by Gasteiger charge is -2.08. The van der Waals surface area contributed by atoms with Crippen molar-refractivity contribution in [2.75, 3.05) is 0 Å². The monoisotopic (exact) mass is 447 g/mol. The number of carboxylic acid groups (broad SMARTS) is 1. The fourth-order valence-corrected chi connectivity index (χ4v) is 4.53. The van der Waals surface area contributed by atoms with Crippen molar-refractivity contribution in [2.24, 2.45) is 0 Å². The number of fused-ring (bicyclic) bond motifs is 1. The van der Waals surface area contributed by atoms with Crippen molar-refractivity contribution in [1.82, 2.24) is 14.9 Å². The molecule has 4 rings (SSSR count). The molecule has 7 nitrogen and oxygen atoms in total. The Morgan fingerprint density at radius 1 is 1.09 bits per heavy atom. The van der Waals surface area contributed by atoms with Crippen molar-refractivity contribution in [3.8, 4) is 11.1 Å². The van der Waals surface area contributed by atoms with Crippen molar-refractivity contribution in [1.29, 1.82) is 0 Å². The van der Waals surface area contributed by atoms with Crippen LogP contribution in [-0.4, -0.2) is 26.5 Å². The number of carboxylic acids is 1. The molecule has 0 atom stereocenters. The van der Waals surface area contributed by atoms with E-state index in [9.17, 15) is 14.4 Å². The minimum atomic E-state index is -0.993. The summed E-state index contributed by atoms with van der Waals surface area (Å²) >= 11 is 1.49. The van der Waals surface area contributed by atoms with Gasteiger partial charge in [0.2, 0.25) is 5.91 Å². The summed E-state index contributed by atoms with van der Waals surface area (Å²) in [6, 6.07) is 16.1. The van der Waals surface area contributed by atoms with Crippen LogP contribution in [0.25, 0.3) is 21.3 Å². The summed E-state index contributed by atoms with van der Waals surface area (Å²) in [4.78, 5) is 42.5. The molecule has 0 saturated carbocycles. The number of aromatic nitrogens is 2. The van der Waals surface area contributed by atoms with Crippen LogP contribution in [-0.2, 0) is 17.9 Å². The van der Waals surface area contributed by atoms with Crippen LogP contribution >= 0.6 is 11.3 Å². The molecule has 2 aromatic carbocycles. The van der Waals surface area contributed by atoms with Crippen LogP contribution in [0.5, 0.6) is 0 Å². The first-order valence-electron chi connectivity index (χ1n) is 10.1. The molecule has 0 aliphatic carbocycles. The molecule has 4 aromatic rings. The zero-order valence-corrected chi connectivity index (χ0v) is 18.2. The number of aromatic carboxylic acids is 1. The van der Waals surface area contributed by atoms with Crippen LogP contribution in [0.15, 0.2) is 65.7 Å². The van der Waals surface area contributed by atoms with Gasteiger partial charge in [-0.05, 0) is 30.2 Å². The number of benzene rings is 2. The van der Waals surface area contributed by atoms with Crippen LogP contribution in [0.3, 0.4) is 0 Å². The van der Waals surface area contributed by atoms with Crippen LogP contribution in [0.4, 0.5) is 0 Å². The molecule has 0 bridgehead atoms. The molecule has 0 fully saturated rings. The lowest BCUT2D eigenvalue weighted by Crippen LogP contribution is -2.27. The van der Waals surface area contributed by atoms with E-state index in [1.54, 1.807) is 12.1 Å². The maximum absolute atomic E-state index is 13.2. The Hall–Kier alpha value is -3.78. The van der Waals surface area contributed by atoms with Crippen molar-refractivity contribution in [3.63, 3.8) is 0 Å². The third-order valence-corrected chi connectivity index (χ3v) is 6.20. The number of amides is 1.